The molecule has 0 saturated heterocycles. The zero-order chi connectivity index (χ0) is 6.97. The maximum absolute atomic E-state index is 8.42. The van der Waals surface area contributed by atoms with Crippen molar-refractivity contribution < 1.29 is 0 Å². The first-order valence-electron chi connectivity index (χ1n) is 2.85. The maximum atomic E-state index is 8.42. The van der Waals surface area contributed by atoms with Crippen molar-refractivity contribution in [1.82, 2.24) is 0 Å². The van der Waals surface area contributed by atoms with Gasteiger partial charge in [-0.25, -0.2) is 4.99 Å². The molecule has 0 aromatic rings. The van der Waals surface area contributed by atoms with Crippen LogP contribution < -0.4 is 0 Å². The number of rotatable bonds is 0. The van der Waals surface area contributed by atoms with Crippen molar-refractivity contribution in [2.45, 2.75) is 0 Å². The molecule has 0 aromatic carbocycles. The monoisotopic (exact) mass is 129 g/mol. The van der Waals surface area contributed by atoms with E-state index >= 15 is 0 Å². The van der Waals surface area contributed by atoms with Gasteiger partial charge in [-0.2, -0.15) is 5.26 Å². The summed E-state index contributed by atoms with van der Waals surface area (Å²) in [5, 5.41) is 8.42. The Bertz CT molecular complexity index is 336. The SMILES string of the molecule is N#CC1=NC2=CC=NC2=C1. The zero-order valence-corrected chi connectivity index (χ0v) is 5.07. The molecule has 0 bridgehead atoms. The fourth-order valence-electron chi connectivity index (χ4n) is 0.894. The summed E-state index contributed by atoms with van der Waals surface area (Å²) in [6.45, 7) is 0. The van der Waals surface area contributed by atoms with Gasteiger partial charge in [-0.05, 0) is 6.08 Å². The van der Waals surface area contributed by atoms with Crippen LogP contribution in [0.1, 0.15) is 0 Å². The Morgan fingerprint density at radius 2 is 2.30 bits per heavy atom. The minimum Gasteiger partial charge on any atom is -0.254 e. The summed E-state index contributed by atoms with van der Waals surface area (Å²) in [6.07, 6.45) is 5.14. The highest BCUT2D eigenvalue weighted by atomic mass is 14.9. The molecule has 3 heteroatoms. The molecule has 2 aliphatic heterocycles. The first-order chi connectivity index (χ1) is 4.90. The number of nitrogens with zero attached hydrogens (tertiary/aromatic N) is 3. The Labute approximate surface area is 57.7 Å². The summed E-state index contributed by atoms with van der Waals surface area (Å²) in [4.78, 5) is 7.94. The van der Waals surface area contributed by atoms with E-state index in [2.05, 4.69) is 9.98 Å². The van der Waals surface area contributed by atoms with Crippen LogP contribution in [0.3, 0.4) is 0 Å². The lowest BCUT2D eigenvalue weighted by molar-refractivity contribution is 1.33. The molecule has 46 valence electrons. The molecule has 0 fully saturated rings. The molecule has 0 aliphatic carbocycles. The highest BCUT2D eigenvalue weighted by molar-refractivity contribution is 6.11. The van der Waals surface area contributed by atoms with Crippen LogP contribution in [0, 0.1) is 11.3 Å². The molecule has 3 nitrogen and oxygen atoms in total. The molecule has 0 unspecified atom stereocenters. The Morgan fingerprint density at radius 1 is 1.40 bits per heavy atom. The van der Waals surface area contributed by atoms with Gasteiger partial charge in [0.15, 0.2) is 0 Å². The van der Waals surface area contributed by atoms with Crippen molar-refractivity contribution in [2.24, 2.45) is 9.98 Å². The maximum Gasteiger partial charge on any atom is 0.143 e. The fraction of sp³-hybridized carbons (Fsp3) is 0. The molecule has 10 heavy (non-hydrogen) atoms. The number of hydrogen-bond donors (Lipinski definition) is 0. The van der Waals surface area contributed by atoms with E-state index in [9.17, 15) is 0 Å². The van der Waals surface area contributed by atoms with E-state index in [0.29, 0.717) is 5.71 Å². The first kappa shape index (κ1) is 5.12. The van der Waals surface area contributed by atoms with Crippen LogP contribution in [-0.2, 0) is 0 Å². The molecule has 0 N–H and O–H groups in total. The molecule has 0 spiro atoms. The van der Waals surface area contributed by atoms with E-state index in [0.717, 1.165) is 11.4 Å². The second kappa shape index (κ2) is 1.64. The molecular formula is C7H3N3. The third-order valence-corrected chi connectivity index (χ3v) is 1.34. The average Bonchev–Trinajstić information content (AvgIpc) is 2.42. The summed E-state index contributed by atoms with van der Waals surface area (Å²) in [6, 6.07) is 1.95. The van der Waals surface area contributed by atoms with Crippen LogP contribution in [0.15, 0.2) is 33.5 Å². The predicted molar refractivity (Wildman–Crippen MR) is 37.7 cm³/mol. The minimum atomic E-state index is 0.443. The predicted octanol–water partition coefficient (Wildman–Crippen LogP) is 0.817. The summed E-state index contributed by atoms with van der Waals surface area (Å²) in [5.41, 5.74) is 2.05. The minimum absolute atomic E-state index is 0.443. The second-order valence-electron chi connectivity index (χ2n) is 1.97. The van der Waals surface area contributed by atoms with Crippen molar-refractivity contribution in [1.29, 1.82) is 5.26 Å². The highest BCUT2D eigenvalue weighted by Crippen LogP contribution is 2.22. The van der Waals surface area contributed by atoms with Crippen molar-refractivity contribution in [2.75, 3.05) is 0 Å². The summed E-state index contributed by atoms with van der Waals surface area (Å²) in [7, 11) is 0. The van der Waals surface area contributed by atoms with Gasteiger partial charge in [0.25, 0.3) is 0 Å². The van der Waals surface area contributed by atoms with Gasteiger partial charge in [0.1, 0.15) is 11.8 Å². The van der Waals surface area contributed by atoms with Crippen molar-refractivity contribution in [3.63, 3.8) is 0 Å². The lowest BCUT2D eigenvalue weighted by Crippen LogP contribution is -1.80. The van der Waals surface area contributed by atoms with Crippen molar-refractivity contribution in [3.05, 3.63) is 23.5 Å². The van der Waals surface area contributed by atoms with Crippen LogP contribution in [0.5, 0.6) is 0 Å². The third kappa shape index (κ3) is 0.531. The van der Waals surface area contributed by atoms with Gasteiger partial charge >= 0.3 is 0 Å². The Balaban J connectivity index is 2.49. The molecule has 0 saturated carbocycles. The first-order valence-corrected chi connectivity index (χ1v) is 2.85. The topological polar surface area (TPSA) is 48.5 Å². The second-order valence-corrected chi connectivity index (χ2v) is 1.97. The van der Waals surface area contributed by atoms with E-state index in [1.165, 1.54) is 0 Å². The van der Waals surface area contributed by atoms with E-state index < -0.39 is 0 Å². The standard InChI is InChI=1S/C7H3N3/c8-4-5-3-7-6(10-5)1-2-9-7/h1-3H. The lowest BCUT2D eigenvalue weighted by atomic mass is 10.3. The van der Waals surface area contributed by atoms with Gasteiger partial charge in [0.2, 0.25) is 0 Å². The van der Waals surface area contributed by atoms with Crippen LogP contribution in [0.2, 0.25) is 0 Å². The molecule has 0 aromatic heterocycles. The quantitative estimate of drug-likeness (QED) is 0.477. The van der Waals surface area contributed by atoms with Gasteiger partial charge in [0, 0.05) is 12.3 Å². The normalized spacial score (nSPS) is 19.3. The van der Waals surface area contributed by atoms with E-state index in [-0.39, 0.29) is 0 Å². The number of fused-ring (bicyclic) bond motifs is 1. The Hall–Kier alpha value is -1.69. The van der Waals surface area contributed by atoms with Crippen molar-refractivity contribution in [3.8, 4) is 6.07 Å². The molecule has 0 radical (unpaired) electrons. The zero-order valence-electron chi connectivity index (χ0n) is 5.07. The van der Waals surface area contributed by atoms with Crippen LogP contribution in [0.25, 0.3) is 0 Å². The van der Waals surface area contributed by atoms with Crippen LogP contribution in [0.4, 0.5) is 0 Å². The fourth-order valence-corrected chi connectivity index (χ4v) is 0.894. The van der Waals surface area contributed by atoms with Gasteiger partial charge in [-0.3, -0.25) is 4.99 Å². The van der Waals surface area contributed by atoms with Gasteiger partial charge in [0.05, 0.1) is 11.4 Å². The number of hydrogen-bond acceptors (Lipinski definition) is 3. The molecule has 2 heterocycles. The lowest BCUT2D eigenvalue weighted by Gasteiger charge is -1.82. The molecule has 2 rings (SSSR count). The molecule has 2 aliphatic rings. The van der Waals surface area contributed by atoms with Gasteiger partial charge in [-0.1, -0.05) is 0 Å². The number of aliphatic imine (C=N–C) groups is 2. The summed E-state index contributed by atoms with van der Waals surface area (Å²) in [5.74, 6) is 0. The smallest absolute Gasteiger partial charge is 0.143 e. The van der Waals surface area contributed by atoms with Crippen LogP contribution >= 0.6 is 0 Å². The highest BCUT2D eigenvalue weighted by Gasteiger charge is 2.14. The number of allylic oxidation sites excluding steroid dienone is 2. The third-order valence-electron chi connectivity index (χ3n) is 1.34. The summed E-state index contributed by atoms with van der Waals surface area (Å²) < 4.78 is 0. The van der Waals surface area contributed by atoms with E-state index in [1.54, 1.807) is 18.4 Å². The molecule has 0 amide bonds. The molecular weight excluding hydrogens is 126 g/mol. The average molecular weight is 129 g/mol. The van der Waals surface area contributed by atoms with Gasteiger partial charge < -0.3 is 0 Å². The Morgan fingerprint density at radius 3 is 3.00 bits per heavy atom. The van der Waals surface area contributed by atoms with E-state index in [4.69, 9.17) is 5.26 Å². The van der Waals surface area contributed by atoms with Crippen LogP contribution in [-0.4, -0.2) is 11.9 Å². The van der Waals surface area contributed by atoms with E-state index in [1.807, 2.05) is 6.07 Å². The van der Waals surface area contributed by atoms with Gasteiger partial charge in [-0.15, -0.1) is 0 Å². The largest absolute Gasteiger partial charge is 0.254 e. The van der Waals surface area contributed by atoms with Crippen molar-refractivity contribution >= 4 is 11.9 Å². The Kier molecular flexibility index (Phi) is 0.842. The molecule has 0 atom stereocenters. The summed E-state index contributed by atoms with van der Waals surface area (Å²) >= 11 is 0. The number of nitriles is 1.